The molecule has 1 heterocycles. The van der Waals surface area contributed by atoms with Gasteiger partial charge in [-0.15, -0.1) is 0 Å². The largest absolute Gasteiger partial charge is 0.465 e. The minimum atomic E-state index is -1.19. The molecule has 0 unspecified atom stereocenters. The van der Waals surface area contributed by atoms with Crippen LogP contribution in [0.25, 0.3) is 0 Å². The van der Waals surface area contributed by atoms with Gasteiger partial charge in [-0.1, -0.05) is 62.4 Å². The van der Waals surface area contributed by atoms with Crippen molar-refractivity contribution in [2.24, 2.45) is 5.92 Å². The first-order valence-corrected chi connectivity index (χ1v) is 14.5. The number of piperidine rings is 1. The van der Waals surface area contributed by atoms with Crippen LogP contribution < -0.4 is 5.32 Å². The number of benzene rings is 1. The van der Waals surface area contributed by atoms with E-state index in [2.05, 4.69) is 10.2 Å². The molecule has 1 saturated carbocycles. The Morgan fingerprint density at radius 1 is 1.03 bits per heavy atom. The molecule has 3 rings (SSSR count). The second kappa shape index (κ2) is 12.4. The normalized spacial score (nSPS) is 20.9. The summed E-state index contributed by atoms with van der Waals surface area (Å²) < 4.78 is 0. The topological polar surface area (TPSA) is 93.1 Å². The number of hydrogen-bond donors (Lipinski definition) is 3. The third-order valence-electron chi connectivity index (χ3n) is 8.32. The highest BCUT2D eigenvalue weighted by Crippen LogP contribution is 2.36. The van der Waals surface area contributed by atoms with E-state index in [4.69, 9.17) is 0 Å². The first-order valence-electron chi connectivity index (χ1n) is 14.5. The molecule has 38 heavy (non-hydrogen) atoms. The van der Waals surface area contributed by atoms with E-state index in [1.807, 2.05) is 71.9 Å². The highest BCUT2D eigenvalue weighted by molar-refractivity contribution is 5.82. The Bertz CT molecular complexity index is 907. The summed E-state index contributed by atoms with van der Waals surface area (Å²) in [6, 6.07) is 9.00. The van der Waals surface area contributed by atoms with Gasteiger partial charge in [0.2, 0.25) is 5.91 Å². The summed E-state index contributed by atoms with van der Waals surface area (Å²) in [6.07, 6.45) is 7.21. The van der Waals surface area contributed by atoms with Gasteiger partial charge < -0.3 is 15.5 Å². The van der Waals surface area contributed by atoms with Crippen LogP contribution in [0.15, 0.2) is 30.3 Å². The Morgan fingerprint density at radius 3 is 2.11 bits per heavy atom. The summed E-state index contributed by atoms with van der Waals surface area (Å²) in [5.74, 6) is 0.616. The van der Waals surface area contributed by atoms with Gasteiger partial charge in [-0.3, -0.25) is 14.6 Å². The highest BCUT2D eigenvalue weighted by atomic mass is 16.4. The van der Waals surface area contributed by atoms with Crippen molar-refractivity contribution in [2.75, 3.05) is 13.1 Å². The van der Waals surface area contributed by atoms with Crippen molar-refractivity contribution in [3.63, 3.8) is 0 Å². The van der Waals surface area contributed by atoms with Crippen molar-refractivity contribution < 1.29 is 19.8 Å². The molecule has 1 aromatic carbocycles. The standard InChI is InChI=1S/C31H51N3O4/c1-29(2,3)32-27(35)25(21-23-13-9-7-10-14-23)33-19-17-31(38,18-20-33)26(22-24-15-11-8-12-16-24)34(28(36)37)30(4,5)6/h8,11-12,15-16,23,25-26,38H,7,9-10,13-14,17-22H2,1-6H3,(H,32,35)(H,36,37)/t25-,26-/m0/s1. The zero-order chi connectivity index (χ0) is 28.1. The number of likely N-dealkylation sites (tertiary alicyclic amines) is 1. The van der Waals surface area contributed by atoms with Crippen molar-refractivity contribution in [3.8, 4) is 0 Å². The second-order valence-corrected chi connectivity index (χ2v) is 13.7. The maximum atomic E-state index is 13.5. The molecular weight excluding hydrogens is 478 g/mol. The first-order chi connectivity index (χ1) is 17.7. The van der Waals surface area contributed by atoms with E-state index < -0.39 is 23.3 Å². The maximum absolute atomic E-state index is 13.5. The van der Waals surface area contributed by atoms with Crippen molar-refractivity contribution in [1.82, 2.24) is 15.1 Å². The van der Waals surface area contributed by atoms with Gasteiger partial charge in [0.25, 0.3) is 0 Å². The Labute approximate surface area is 230 Å². The highest BCUT2D eigenvalue weighted by Gasteiger charge is 2.48. The zero-order valence-corrected chi connectivity index (χ0v) is 24.5. The van der Waals surface area contributed by atoms with Gasteiger partial charge in [-0.2, -0.15) is 0 Å². The zero-order valence-electron chi connectivity index (χ0n) is 24.5. The lowest BCUT2D eigenvalue weighted by Gasteiger charge is -2.51. The lowest BCUT2D eigenvalue weighted by molar-refractivity contribution is -0.134. The van der Waals surface area contributed by atoms with Crippen molar-refractivity contribution in [3.05, 3.63) is 35.9 Å². The van der Waals surface area contributed by atoms with Gasteiger partial charge >= 0.3 is 6.09 Å². The summed E-state index contributed by atoms with van der Waals surface area (Å²) in [5, 5.41) is 25.6. The van der Waals surface area contributed by atoms with E-state index in [1.165, 1.54) is 37.0 Å². The first kappa shape index (κ1) is 30.4. The van der Waals surface area contributed by atoms with Crippen LogP contribution in [0.3, 0.4) is 0 Å². The van der Waals surface area contributed by atoms with E-state index >= 15 is 0 Å². The summed E-state index contributed by atoms with van der Waals surface area (Å²) in [7, 11) is 0. The van der Waals surface area contributed by atoms with Gasteiger partial charge in [0.05, 0.1) is 17.7 Å². The van der Waals surface area contributed by atoms with E-state index in [1.54, 1.807) is 0 Å². The number of carboxylic acid groups (broad SMARTS) is 1. The summed E-state index contributed by atoms with van der Waals surface area (Å²) >= 11 is 0. The molecule has 2 aliphatic rings. The lowest BCUT2D eigenvalue weighted by Crippen LogP contribution is -2.65. The molecule has 1 aliphatic carbocycles. The minimum Gasteiger partial charge on any atom is -0.465 e. The summed E-state index contributed by atoms with van der Waals surface area (Å²) in [6.45, 7) is 12.8. The van der Waals surface area contributed by atoms with Crippen LogP contribution in [-0.2, 0) is 11.2 Å². The molecule has 7 heteroatoms. The van der Waals surface area contributed by atoms with Gasteiger partial charge in [0, 0.05) is 24.2 Å². The third kappa shape index (κ3) is 8.19. The molecule has 0 radical (unpaired) electrons. The second-order valence-electron chi connectivity index (χ2n) is 13.7. The monoisotopic (exact) mass is 529 g/mol. The average Bonchev–Trinajstić information content (AvgIpc) is 2.82. The quantitative estimate of drug-likeness (QED) is 0.416. The fourth-order valence-corrected chi connectivity index (χ4v) is 6.42. The van der Waals surface area contributed by atoms with Gasteiger partial charge in [0.15, 0.2) is 0 Å². The molecular formula is C31H51N3O4. The van der Waals surface area contributed by atoms with E-state index in [0.29, 0.717) is 38.3 Å². The molecule has 2 atom stereocenters. The molecule has 1 aliphatic heterocycles. The summed E-state index contributed by atoms with van der Waals surface area (Å²) in [4.78, 5) is 29.7. The van der Waals surface area contributed by atoms with Gasteiger partial charge in [-0.25, -0.2) is 4.79 Å². The molecule has 1 saturated heterocycles. The van der Waals surface area contributed by atoms with Crippen LogP contribution in [0.2, 0.25) is 0 Å². The fourth-order valence-electron chi connectivity index (χ4n) is 6.42. The van der Waals surface area contributed by atoms with Crippen molar-refractivity contribution in [2.45, 2.75) is 128 Å². The van der Waals surface area contributed by atoms with Gasteiger partial charge in [0.1, 0.15) is 0 Å². The van der Waals surface area contributed by atoms with Crippen LogP contribution in [-0.4, -0.2) is 73.9 Å². The third-order valence-corrected chi connectivity index (χ3v) is 8.32. The Balaban J connectivity index is 1.83. The molecule has 0 aromatic heterocycles. The minimum absolute atomic E-state index is 0.0659. The van der Waals surface area contributed by atoms with Crippen molar-refractivity contribution >= 4 is 12.0 Å². The Hall–Kier alpha value is -2.12. The van der Waals surface area contributed by atoms with Crippen LogP contribution in [0.4, 0.5) is 4.79 Å². The number of nitrogens with zero attached hydrogens (tertiary/aromatic N) is 2. The molecule has 3 N–H and O–H groups in total. The predicted molar refractivity (Wildman–Crippen MR) is 152 cm³/mol. The molecule has 214 valence electrons. The van der Waals surface area contributed by atoms with Crippen LogP contribution >= 0.6 is 0 Å². The lowest BCUT2D eigenvalue weighted by atomic mass is 9.78. The smallest absolute Gasteiger partial charge is 0.408 e. The SMILES string of the molecule is CC(C)(C)NC(=O)[C@H](CC1CCCCC1)N1CCC(O)([C@H](Cc2ccccc2)N(C(=O)O)C(C)(C)C)CC1. The molecule has 2 fully saturated rings. The van der Waals surface area contributed by atoms with Gasteiger partial charge in [-0.05, 0) is 78.7 Å². The number of aliphatic hydroxyl groups is 1. The molecule has 7 nitrogen and oxygen atoms in total. The fraction of sp³-hybridized carbons (Fsp3) is 0.742. The van der Waals surface area contributed by atoms with Crippen molar-refractivity contribution in [1.29, 1.82) is 0 Å². The summed E-state index contributed by atoms with van der Waals surface area (Å²) in [5.41, 5.74) is -1.17. The Morgan fingerprint density at radius 2 is 1.61 bits per heavy atom. The van der Waals surface area contributed by atoms with Crippen LogP contribution in [0.1, 0.15) is 98.5 Å². The average molecular weight is 530 g/mol. The van der Waals surface area contributed by atoms with E-state index in [9.17, 15) is 19.8 Å². The number of rotatable bonds is 8. The number of hydrogen-bond acceptors (Lipinski definition) is 4. The molecule has 0 spiro atoms. The van der Waals surface area contributed by atoms with Crippen LogP contribution in [0.5, 0.6) is 0 Å². The number of carbonyl (C=O) groups excluding carboxylic acids is 1. The van der Waals surface area contributed by atoms with E-state index in [-0.39, 0.29) is 17.5 Å². The molecule has 2 amide bonds. The number of amides is 2. The molecule has 0 bridgehead atoms. The number of carbonyl (C=O) groups is 2. The van der Waals surface area contributed by atoms with Crippen LogP contribution in [0, 0.1) is 5.92 Å². The number of nitrogens with one attached hydrogen (secondary N) is 1. The van der Waals surface area contributed by atoms with E-state index in [0.717, 1.165) is 12.0 Å². The predicted octanol–water partition coefficient (Wildman–Crippen LogP) is 5.46. The maximum Gasteiger partial charge on any atom is 0.408 e. The molecule has 1 aromatic rings. The Kier molecular flexibility index (Phi) is 9.91.